The fourth-order valence-corrected chi connectivity index (χ4v) is 4.50. The summed E-state index contributed by atoms with van der Waals surface area (Å²) in [6.07, 6.45) is 1.82. The molecular formula is C19H22N2O3S. The number of carbonyl (C=O) groups is 1. The summed E-state index contributed by atoms with van der Waals surface area (Å²) in [4.78, 5) is 12.4. The van der Waals surface area contributed by atoms with Gasteiger partial charge in [-0.3, -0.25) is 9.10 Å². The number of carbonyl (C=O) groups excluding carboxylic acids is 1. The Hall–Kier alpha value is -2.34. The van der Waals surface area contributed by atoms with Crippen molar-refractivity contribution >= 4 is 21.6 Å². The van der Waals surface area contributed by atoms with Gasteiger partial charge in [-0.2, -0.15) is 0 Å². The van der Waals surface area contributed by atoms with Gasteiger partial charge in [0.05, 0.1) is 11.9 Å². The molecule has 1 N–H and O–H groups in total. The minimum atomic E-state index is -3.32. The molecule has 1 atom stereocenters. The van der Waals surface area contributed by atoms with Crippen molar-refractivity contribution in [3.05, 3.63) is 64.7 Å². The van der Waals surface area contributed by atoms with Gasteiger partial charge in [-0.25, -0.2) is 8.42 Å². The number of rotatable bonds is 4. The van der Waals surface area contributed by atoms with Crippen molar-refractivity contribution in [2.45, 2.75) is 32.9 Å². The van der Waals surface area contributed by atoms with Crippen molar-refractivity contribution in [2.24, 2.45) is 0 Å². The molecule has 0 aromatic heterocycles. The van der Waals surface area contributed by atoms with Gasteiger partial charge in [0.15, 0.2) is 0 Å². The predicted molar refractivity (Wildman–Crippen MR) is 99.3 cm³/mol. The highest BCUT2D eigenvalue weighted by Gasteiger charge is 2.32. The van der Waals surface area contributed by atoms with Gasteiger partial charge < -0.3 is 5.32 Å². The number of sulfonamides is 1. The van der Waals surface area contributed by atoms with Gasteiger partial charge in [-0.15, -0.1) is 0 Å². The lowest BCUT2D eigenvalue weighted by Crippen LogP contribution is -2.34. The summed E-state index contributed by atoms with van der Waals surface area (Å²) in [6.45, 7) is 4.36. The summed E-state index contributed by atoms with van der Waals surface area (Å²) in [7, 11) is -3.32. The molecule has 0 unspecified atom stereocenters. The number of nitrogens with zero attached hydrogens (tertiary/aromatic N) is 1. The van der Waals surface area contributed by atoms with E-state index in [2.05, 4.69) is 5.32 Å². The fourth-order valence-electron chi connectivity index (χ4n) is 3.24. The molecule has 0 aliphatic carbocycles. The van der Waals surface area contributed by atoms with E-state index in [0.717, 1.165) is 11.1 Å². The van der Waals surface area contributed by atoms with Gasteiger partial charge in [0.2, 0.25) is 10.0 Å². The quantitative estimate of drug-likeness (QED) is 0.914. The maximum atomic E-state index is 12.4. The molecular weight excluding hydrogens is 336 g/mol. The van der Waals surface area contributed by atoms with Crippen molar-refractivity contribution in [1.29, 1.82) is 0 Å². The average molecular weight is 358 g/mol. The van der Waals surface area contributed by atoms with Crippen LogP contribution in [0.5, 0.6) is 0 Å². The molecule has 0 spiro atoms. The first-order chi connectivity index (χ1) is 11.8. The second-order valence-corrected chi connectivity index (χ2v) is 8.48. The van der Waals surface area contributed by atoms with Crippen LogP contribution in [0.15, 0.2) is 42.5 Å². The maximum Gasteiger partial charge on any atom is 0.251 e. The number of hydrogen-bond donors (Lipinski definition) is 1. The monoisotopic (exact) mass is 358 g/mol. The second kappa shape index (κ2) is 6.52. The van der Waals surface area contributed by atoms with Crippen molar-refractivity contribution in [2.75, 3.05) is 10.6 Å². The Morgan fingerprint density at radius 2 is 1.88 bits per heavy atom. The Balaban J connectivity index is 1.75. The molecule has 1 amide bonds. The van der Waals surface area contributed by atoms with Crippen molar-refractivity contribution in [1.82, 2.24) is 5.32 Å². The molecule has 6 heteroatoms. The minimum absolute atomic E-state index is 0.129. The van der Waals surface area contributed by atoms with Crippen LogP contribution in [0, 0.1) is 6.92 Å². The van der Waals surface area contributed by atoms with Gasteiger partial charge in [-0.05, 0) is 49.6 Å². The standard InChI is InChI=1S/C19H22N2O3S/c1-13-4-6-15(7-5-13)12-20-19(22)16-8-9-18-17(11-16)10-14(2)21(18)25(3,23)24/h4-9,11,14H,10,12H2,1-3H3,(H,20,22)/t14-/m0/s1. The molecule has 0 radical (unpaired) electrons. The van der Waals surface area contributed by atoms with E-state index in [1.54, 1.807) is 18.2 Å². The molecule has 0 bridgehead atoms. The normalized spacial score (nSPS) is 16.6. The van der Waals surface area contributed by atoms with E-state index >= 15 is 0 Å². The summed E-state index contributed by atoms with van der Waals surface area (Å²) >= 11 is 0. The number of aryl methyl sites for hydroxylation is 1. The summed E-state index contributed by atoms with van der Waals surface area (Å²) in [5, 5.41) is 2.91. The zero-order chi connectivity index (χ0) is 18.2. The zero-order valence-corrected chi connectivity index (χ0v) is 15.4. The smallest absolute Gasteiger partial charge is 0.251 e. The van der Waals surface area contributed by atoms with Crippen molar-refractivity contribution in [3.8, 4) is 0 Å². The number of hydrogen-bond acceptors (Lipinski definition) is 3. The van der Waals surface area contributed by atoms with E-state index in [1.165, 1.54) is 16.1 Å². The van der Waals surface area contributed by atoms with Gasteiger partial charge in [-0.1, -0.05) is 29.8 Å². The average Bonchev–Trinajstić information content (AvgIpc) is 2.88. The molecule has 132 valence electrons. The number of fused-ring (bicyclic) bond motifs is 1. The zero-order valence-electron chi connectivity index (χ0n) is 14.6. The molecule has 1 aliphatic rings. The van der Waals surface area contributed by atoms with Crippen LogP contribution < -0.4 is 9.62 Å². The van der Waals surface area contributed by atoms with Crippen LogP contribution >= 0.6 is 0 Å². The fraction of sp³-hybridized carbons (Fsp3) is 0.316. The van der Waals surface area contributed by atoms with E-state index in [4.69, 9.17) is 0 Å². The summed E-state index contributed by atoms with van der Waals surface area (Å²) < 4.78 is 25.3. The lowest BCUT2D eigenvalue weighted by Gasteiger charge is -2.21. The lowest BCUT2D eigenvalue weighted by molar-refractivity contribution is 0.0951. The van der Waals surface area contributed by atoms with E-state index in [0.29, 0.717) is 24.2 Å². The molecule has 1 heterocycles. The molecule has 25 heavy (non-hydrogen) atoms. The number of benzene rings is 2. The first kappa shape index (κ1) is 17.5. The summed E-state index contributed by atoms with van der Waals surface area (Å²) in [5.74, 6) is -0.158. The first-order valence-electron chi connectivity index (χ1n) is 8.22. The third-order valence-electron chi connectivity index (χ3n) is 4.43. The Kier molecular flexibility index (Phi) is 4.56. The molecule has 3 rings (SSSR count). The summed E-state index contributed by atoms with van der Waals surface area (Å²) in [5.41, 5.74) is 4.33. The number of nitrogens with one attached hydrogen (secondary N) is 1. The largest absolute Gasteiger partial charge is 0.348 e. The topological polar surface area (TPSA) is 66.5 Å². The minimum Gasteiger partial charge on any atom is -0.348 e. The van der Waals surface area contributed by atoms with Crippen LogP contribution in [0.4, 0.5) is 5.69 Å². The van der Waals surface area contributed by atoms with Crippen LogP contribution in [-0.2, 0) is 23.0 Å². The SMILES string of the molecule is Cc1ccc(CNC(=O)c2ccc3c(c2)C[C@H](C)N3S(C)(=O)=O)cc1. The highest BCUT2D eigenvalue weighted by Crippen LogP contribution is 2.34. The Morgan fingerprint density at radius 1 is 1.20 bits per heavy atom. The van der Waals surface area contributed by atoms with Crippen LogP contribution in [0.1, 0.15) is 34.0 Å². The first-order valence-corrected chi connectivity index (χ1v) is 10.1. The van der Waals surface area contributed by atoms with E-state index in [-0.39, 0.29) is 11.9 Å². The van der Waals surface area contributed by atoms with Gasteiger partial charge in [0, 0.05) is 18.2 Å². The van der Waals surface area contributed by atoms with Gasteiger partial charge in [0.1, 0.15) is 0 Å². The number of anilines is 1. The van der Waals surface area contributed by atoms with Crippen LogP contribution in [0.25, 0.3) is 0 Å². The van der Waals surface area contributed by atoms with E-state index < -0.39 is 10.0 Å². The lowest BCUT2D eigenvalue weighted by atomic mass is 10.1. The van der Waals surface area contributed by atoms with Gasteiger partial charge >= 0.3 is 0 Å². The maximum absolute atomic E-state index is 12.4. The van der Waals surface area contributed by atoms with Crippen molar-refractivity contribution in [3.63, 3.8) is 0 Å². The van der Waals surface area contributed by atoms with E-state index in [1.807, 2.05) is 38.1 Å². The van der Waals surface area contributed by atoms with Crippen molar-refractivity contribution < 1.29 is 13.2 Å². The molecule has 0 saturated carbocycles. The molecule has 0 fully saturated rings. The third-order valence-corrected chi connectivity index (χ3v) is 5.70. The molecule has 2 aromatic rings. The molecule has 2 aromatic carbocycles. The Labute approximate surface area is 148 Å². The molecule has 5 nitrogen and oxygen atoms in total. The second-order valence-electron chi connectivity index (χ2n) is 6.62. The highest BCUT2D eigenvalue weighted by molar-refractivity contribution is 7.92. The Morgan fingerprint density at radius 3 is 2.52 bits per heavy atom. The van der Waals surface area contributed by atoms with Crippen LogP contribution in [0.2, 0.25) is 0 Å². The van der Waals surface area contributed by atoms with Gasteiger partial charge in [0.25, 0.3) is 5.91 Å². The summed E-state index contributed by atoms with van der Waals surface area (Å²) in [6, 6.07) is 13.1. The molecule has 1 aliphatic heterocycles. The molecule has 0 saturated heterocycles. The number of amides is 1. The predicted octanol–water partition coefficient (Wildman–Crippen LogP) is 2.64. The highest BCUT2D eigenvalue weighted by atomic mass is 32.2. The Bertz CT molecular complexity index is 905. The van der Waals surface area contributed by atoms with Crippen LogP contribution in [-0.4, -0.2) is 26.6 Å². The van der Waals surface area contributed by atoms with E-state index in [9.17, 15) is 13.2 Å². The van der Waals surface area contributed by atoms with Crippen LogP contribution in [0.3, 0.4) is 0 Å². The third kappa shape index (κ3) is 3.69.